The molecule has 0 aliphatic carbocycles. The van der Waals surface area contributed by atoms with Gasteiger partial charge >= 0.3 is 5.97 Å². The second-order valence-corrected chi connectivity index (χ2v) is 3.50. The molecule has 0 saturated carbocycles. The number of nitrogens with one attached hydrogen (secondary N) is 1. The number of hydrogen-bond donors (Lipinski definition) is 1. The van der Waals surface area contributed by atoms with Gasteiger partial charge in [0.05, 0.1) is 17.7 Å². The van der Waals surface area contributed by atoms with Crippen LogP contribution in [0.5, 0.6) is 0 Å². The molecular weight excluding hydrogens is 224 g/mol. The highest BCUT2D eigenvalue weighted by Crippen LogP contribution is 2.12. The summed E-state index contributed by atoms with van der Waals surface area (Å²) in [4.78, 5) is 14.5. The molecule has 84 valence electrons. The number of carbonyl (C=O) groups is 1. The quantitative estimate of drug-likeness (QED) is 0.646. The van der Waals surface area contributed by atoms with E-state index in [0.717, 1.165) is 0 Å². The zero-order valence-corrected chi connectivity index (χ0v) is 9.98. The van der Waals surface area contributed by atoms with Gasteiger partial charge in [-0.05, 0) is 19.4 Å². The summed E-state index contributed by atoms with van der Waals surface area (Å²) in [6, 6.07) is 3.42. The molecule has 0 aliphatic rings. The normalized spacial score (nSPS) is 9.56. The number of rotatable bonds is 3. The summed E-state index contributed by atoms with van der Waals surface area (Å²) in [7, 11) is 0. The van der Waals surface area contributed by atoms with Crippen molar-refractivity contribution < 1.29 is 9.53 Å². The predicted molar refractivity (Wildman–Crippen MR) is 61.7 cm³/mol. The maximum absolute atomic E-state index is 11.6. The fraction of sp³-hybridized carbons (Fsp3) is 0.364. The Morgan fingerprint density at radius 3 is 2.81 bits per heavy atom. The second kappa shape index (κ2) is 5.42. The molecule has 4 nitrogen and oxygen atoms in total. The Morgan fingerprint density at radius 1 is 1.62 bits per heavy atom. The Bertz CT molecular complexity index is 500. The third kappa shape index (κ3) is 2.47. The van der Waals surface area contributed by atoms with Crippen LogP contribution in [0.3, 0.4) is 0 Å². The van der Waals surface area contributed by atoms with Crippen molar-refractivity contribution in [1.82, 2.24) is 4.98 Å². The van der Waals surface area contributed by atoms with Gasteiger partial charge in [0, 0.05) is 5.69 Å². The molecular formula is C11H12N2O2S. The lowest BCUT2D eigenvalue weighted by atomic mass is 10.1. The highest BCUT2D eigenvalue weighted by atomic mass is 32.1. The lowest BCUT2D eigenvalue weighted by Crippen LogP contribution is -2.10. The first-order chi connectivity index (χ1) is 7.63. The summed E-state index contributed by atoms with van der Waals surface area (Å²) in [5.41, 5.74) is 1.37. The summed E-state index contributed by atoms with van der Waals surface area (Å²) < 4.78 is 5.26. The number of nitrogens with zero attached hydrogens (tertiary/aromatic N) is 1. The summed E-state index contributed by atoms with van der Waals surface area (Å²) >= 11 is 4.99. The van der Waals surface area contributed by atoms with Gasteiger partial charge < -0.3 is 9.72 Å². The van der Waals surface area contributed by atoms with E-state index in [1.165, 1.54) is 6.07 Å². The number of H-pyrrole nitrogens is 1. The van der Waals surface area contributed by atoms with Crippen LogP contribution >= 0.6 is 12.2 Å². The van der Waals surface area contributed by atoms with Crippen molar-refractivity contribution in [3.8, 4) is 6.07 Å². The minimum absolute atomic E-state index is 0.287. The number of pyridine rings is 1. The molecule has 5 heteroatoms. The van der Waals surface area contributed by atoms with Gasteiger partial charge in [-0.1, -0.05) is 19.1 Å². The summed E-state index contributed by atoms with van der Waals surface area (Å²) in [5, 5.41) is 8.83. The smallest absolute Gasteiger partial charge is 0.339 e. The van der Waals surface area contributed by atoms with E-state index in [-0.39, 0.29) is 5.56 Å². The SMILES string of the molecule is CCOC(=O)c1cc(C#N)c(=S)[nH]c1CC. The second-order valence-electron chi connectivity index (χ2n) is 3.09. The fourth-order valence-electron chi connectivity index (χ4n) is 1.32. The topological polar surface area (TPSA) is 65.9 Å². The van der Waals surface area contributed by atoms with Gasteiger partial charge in [-0.25, -0.2) is 4.79 Å². The molecule has 0 bridgehead atoms. The van der Waals surface area contributed by atoms with Crippen LogP contribution in [0.2, 0.25) is 0 Å². The number of aryl methyl sites for hydroxylation is 1. The fourth-order valence-corrected chi connectivity index (χ4v) is 1.55. The summed E-state index contributed by atoms with van der Waals surface area (Å²) in [5.74, 6) is -0.429. The first-order valence-electron chi connectivity index (χ1n) is 4.97. The monoisotopic (exact) mass is 236 g/mol. The molecule has 0 atom stereocenters. The number of carbonyl (C=O) groups excluding carboxylic acids is 1. The van der Waals surface area contributed by atoms with E-state index in [4.69, 9.17) is 22.2 Å². The minimum atomic E-state index is -0.429. The zero-order chi connectivity index (χ0) is 12.1. The van der Waals surface area contributed by atoms with E-state index in [1.54, 1.807) is 6.92 Å². The van der Waals surface area contributed by atoms with Crippen LogP contribution in [0.4, 0.5) is 0 Å². The molecule has 1 aromatic heterocycles. The molecule has 0 saturated heterocycles. The average molecular weight is 236 g/mol. The number of hydrogen-bond acceptors (Lipinski definition) is 4. The molecule has 0 fully saturated rings. The van der Waals surface area contributed by atoms with Gasteiger partial charge in [0.25, 0.3) is 0 Å². The van der Waals surface area contributed by atoms with E-state index in [2.05, 4.69) is 4.98 Å². The van der Waals surface area contributed by atoms with Crippen molar-refractivity contribution in [3.63, 3.8) is 0 Å². The highest BCUT2D eigenvalue weighted by molar-refractivity contribution is 7.71. The lowest BCUT2D eigenvalue weighted by molar-refractivity contribution is 0.0524. The van der Waals surface area contributed by atoms with Crippen LogP contribution in [0.15, 0.2) is 6.07 Å². The Labute approximate surface area is 98.9 Å². The van der Waals surface area contributed by atoms with Crippen molar-refractivity contribution in [2.45, 2.75) is 20.3 Å². The zero-order valence-electron chi connectivity index (χ0n) is 9.16. The highest BCUT2D eigenvalue weighted by Gasteiger charge is 2.13. The van der Waals surface area contributed by atoms with Crippen LogP contribution in [-0.4, -0.2) is 17.6 Å². The van der Waals surface area contributed by atoms with Crippen LogP contribution < -0.4 is 0 Å². The third-order valence-corrected chi connectivity index (χ3v) is 2.41. The number of ether oxygens (including phenoxy) is 1. The van der Waals surface area contributed by atoms with Gasteiger partial charge in [0.1, 0.15) is 10.7 Å². The maximum Gasteiger partial charge on any atom is 0.339 e. The molecule has 0 spiro atoms. The van der Waals surface area contributed by atoms with Crippen LogP contribution in [0.25, 0.3) is 0 Å². The molecule has 1 rings (SSSR count). The Morgan fingerprint density at radius 2 is 2.31 bits per heavy atom. The number of aromatic nitrogens is 1. The number of esters is 1. The van der Waals surface area contributed by atoms with Gasteiger partial charge in [0.2, 0.25) is 0 Å². The van der Waals surface area contributed by atoms with Crippen molar-refractivity contribution >= 4 is 18.2 Å². The van der Waals surface area contributed by atoms with Crippen molar-refractivity contribution in [2.24, 2.45) is 0 Å². The molecule has 16 heavy (non-hydrogen) atoms. The van der Waals surface area contributed by atoms with Crippen LogP contribution in [0.1, 0.15) is 35.5 Å². The average Bonchev–Trinajstić information content (AvgIpc) is 2.28. The van der Waals surface area contributed by atoms with Gasteiger partial charge in [0.15, 0.2) is 0 Å². The van der Waals surface area contributed by atoms with Crippen molar-refractivity contribution in [2.75, 3.05) is 6.61 Å². The Balaban J connectivity index is 3.32. The molecule has 1 N–H and O–H groups in total. The van der Waals surface area contributed by atoms with E-state index in [1.807, 2.05) is 13.0 Å². The summed E-state index contributed by atoms with van der Waals surface area (Å²) in [6.45, 7) is 3.94. The minimum Gasteiger partial charge on any atom is -0.462 e. The molecule has 1 aromatic rings. The molecule has 1 heterocycles. The maximum atomic E-state index is 11.6. The Kier molecular flexibility index (Phi) is 4.20. The van der Waals surface area contributed by atoms with E-state index in [0.29, 0.717) is 28.9 Å². The van der Waals surface area contributed by atoms with Gasteiger partial charge in [-0.15, -0.1) is 0 Å². The largest absolute Gasteiger partial charge is 0.462 e. The van der Waals surface area contributed by atoms with E-state index < -0.39 is 5.97 Å². The van der Waals surface area contributed by atoms with Gasteiger partial charge in [-0.2, -0.15) is 5.26 Å². The van der Waals surface area contributed by atoms with Gasteiger partial charge in [-0.3, -0.25) is 0 Å². The van der Waals surface area contributed by atoms with Crippen LogP contribution in [-0.2, 0) is 11.2 Å². The first-order valence-corrected chi connectivity index (χ1v) is 5.38. The molecule has 0 amide bonds. The number of nitriles is 1. The molecule has 0 aromatic carbocycles. The van der Waals surface area contributed by atoms with E-state index >= 15 is 0 Å². The first kappa shape index (κ1) is 12.4. The van der Waals surface area contributed by atoms with Crippen molar-refractivity contribution in [3.05, 3.63) is 27.5 Å². The van der Waals surface area contributed by atoms with Crippen molar-refractivity contribution in [1.29, 1.82) is 5.26 Å². The summed E-state index contributed by atoms with van der Waals surface area (Å²) in [6.07, 6.45) is 0.628. The number of aromatic amines is 1. The standard InChI is InChI=1S/C11H12N2O2S/c1-3-9-8(11(14)15-4-2)5-7(6-12)10(16)13-9/h5H,3-4H2,1-2H3,(H,13,16). The Hall–Kier alpha value is -1.67. The molecule has 0 radical (unpaired) electrons. The van der Waals surface area contributed by atoms with E-state index in [9.17, 15) is 4.79 Å². The predicted octanol–water partition coefficient (Wildman–Crippen LogP) is 2.35. The van der Waals surface area contributed by atoms with Crippen LogP contribution in [0, 0.1) is 16.0 Å². The molecule has 0 unspecified atom stereocenters. The third-order valence-electron chi connectivity index (χ3n) is 2.09. The molecule has 0 aliphatic heterocycles. The lowest BCUT2D eigenvalue weighted by Gasteiger charge is -2.07.